The van der Waals surface area contributed by atoms with Crippen molar-refractivity contribution in [3.05, 3.63) is 65.0 Å². The standard InChI is InChI=1S/C16H15FN2O2/c17-13-3-1-10(2-4-13)5-12(16(20)21)6-11-7-14(18)9-15(19)8-11/h1-5,7-9H,6,18-19H2,(H,20,21). The predicted octanol–water partition coefficient (Wildman–Crippen LogP) is 2.70. The van der Waals surface area contributed by atoms with Gasteiger partial charge in [0.15, 0.2) is 0 Å². The molecule has 0 radical (unpaired) electrons. The van der Waals surface area contributed by atoms with E-state index >= 15 is 0 Å². The molecule has 21 heavy (non-hydrogen) atoms. The zero-order valence-corrected chi connectivity index (χ0v) is 11.2. The molecule has 0 heterocycles. The highest BCUT2D eigenvalue weighted by molar-refractivity contribution is 5.92. The highest BCUT2D eigenvalue weighted by Gasteiger charge is 2.09. The van der Waals surface area contributed by atoms with Crippen LogP contribution in [0.3, 0.4) is 0 Å². The average Bonchev–Trinajstić information content (AvgIpc) is 2.39. The van der Waals surface area contributed by atoms with Crippen LogP contribution in [0.4, 0.5) is 15.8 Å². The lowest BCUT2D eigenvalue weighted by molar-refractivity contribution is -0.132. The summed E-state index contributed by atoms with van der Waals surface area (Å²) >= 11 is 0. The number of halogens is 1. The molecule has 0 aliphatic rings. The molecule has 0 spiro atoms. The maximum Gasteiger partial charge on any atom is 0.331 e. The molecule has 0 atom stereocenters. The molecule has 108 valence electrons. The molecule has 2 rings (SSSR count). The zero-order valence-electron chi connectivity index (χ0n) is 11.2. The Kier molecular flexibility index (Phi) is 4.23. The van der Waals surface area contributed by atoms with Crippen LogP contribution < -0.4 is 11.5 Å². The Bertz CT molecular complexity index is 674. The summed E-state index contributed by atoms with van der Waals surface area (Å²) in [5, 5.41) is 9.28. The molecule has 5 heteroatoms. The average molecular weight is 286 g/mol. The molecule has 4 nitrogen and oxygen atoms in total. The number of carbonyl (C=O) groups is 1. The number of nitrogens with two attached hydrogens (primary N) is 2. The monoisotopic (exact) mass is 286 g/mol. The molecule has 0 aliphatic carbocycles. The fourth-order valence-electron chi connectivity index (χ4n) is 2.02. The van der Waals surface area contributed by atoms with Crippen LogP contribution in [0.25, 0.3) is 6.08 Å². The summed E-state index contributed by atoms with van der Waals surface area (Å²) in [5.41, 5.74) is 13.9. The number of rotatable bonds is 4. The first kappa shape index (κ1) is 14.6. The molecular weight excluding hydrogens is 271 g/mol. The molecule has 0 amide bonds. The van der Waals surface area contributed by atoms with Crippen molar-refractivity contribution in [3.63, 3.8) is 0 Å². The number of nitrogen functional groups attached to an aromatic ring is 2. The Morgan fingerprint density at radius 2 is 1.67 bits per heavy atom. The first-order valence-electron chi connectivity index (χ1n) is 6.28. The topological polar surface area (TPSA) is 89.3 Å². The lowest BCUT2D eigenvalue weighted by atomic mass is 10.0. The third-order valence-electron chi connectivity index (χ3n) is 2.92. The van der Waals surface area contributed by atoms with Crippen LogP contribution in [0.2, 0.25) is 0 Å². The number of benzene rings is 2. The van der Waals surface area contributed by atoms with Crippen molar-refractivity contribution in [2.45, 2.75) is 6.42 Å². The second-order valence-electron chi connectivity index (χ2n) is 4.71. The maximum absolute atomic E-state index is 12.9. The van der Waals surface area contributed by atoms with E-state index in [1.807, 2.05) is 0 Å². The third kappa shape index (κ3) is 4.07. The van der Waals surface area contributed by atoms with Crippen molar-refractivity contribution in [2.75, 3.05) is 11.5 Å². The normalized spacial score (nSPS) is 11.4. The van der Waals surface area contributed by atoms with Crippen LogP contribution in [-0.2, 0) is 11.2 Å². The molecule has 0 aromatic heterocycles. The summed E-state index contributed by atoms with van der Waals surface area (Å²) in [6, 6.07) is 10.6. The summed E-state index contributed by atoms with van der Waals surface area (Å²) in [5.74, 6) is -1.41. The van der Waals surface area contributed by atoms with E-state index in [9.17, 15) is 14.3 Å². The van der Waals surface area contributed by atoms with Gasteiger partial charge in [0.25, 0.3) is 0 Å². The van der Waals surface area contributed by atoms with Crippen molar-refractivity contribution >= 4 is 23.4 Å². The second kappa shape index (κ2) is 6.09. The Balaban J connectivity index is 2.31. The Hall–Kier alpha value is -2.82. The minimum atomic E-state index is -1.04. The predicted molar refractivity (Wildman–Crippen MR) is 81.0 cm³/mol. The molecule has 0 aliphatic heterocycles. The van der Waals surface area contributed by atoms with Gasteiger partial charge in [-0.1, -0.05) is 12.1 Å². The summed E-state index contributed by atoms with van der Waals surface area (Å²) in [6.45, 7) is 0. The van der Waals surface area contributed by atoms with Gasteiger partial charge in [-0.25, -0.2) is 9.18 Å². The SMILES string of the molecule is Nc1cc(N)cc(CC(=Cc2ccc(F)cc2)C(=O)O)c1. The molecule has 0 fully saturated rings. The number of anilines is 2. The van der Waals surface area contributed by atoms with Crippen LogP contribution in [0.5, 0.6) is 0 Å². The number of carboxylic acids is 1. The van der Waals surface area contributed by atoms with Gasteiger partial charge in [0.1, 0.15) is 5.82 Å². The largest absolute Gasteiger partial charge is 0.478 e. The van der Waals surface area contributed by atoms with E-state index in [4.69, 9.17) is 11.5 Å². The van der Waals surface area contributed by atoms with Gasteiger partial charge in [0.2, 0.25) is 0 Å². The zero-order chi connectivity index (χ0) is 15.4. The van der Waals surface area contributed by atoms with Gasteiger partial charge in [-0.15, -0.1) is 0 Å². The fraction of sp³-hybridized carbons (Fsp3) is 0.0625. The highest BCUT2D eigenvalue weighted by Crippen LogP contribution is 2.18. The summed E-state index contributed by atoms with van der Waals surface area (Å²) in [4.78, 5) is 11.3. The van der Waals surface area contributed by atoms with Gasteiger partial charge in [0.05, 0.1) is 0 Å². The van der Waals surface area contributed by atoms with Crippen LogP contribution in [0, 0.1) is 5.82 Å². The van der Waals surface area contributed by atoms with Gasteiger partial charge in [-0.2, -0.15) is 0 Å². The highest BCUT2D eigenvalue weighted by atomic mass is 19.1. The minimum absolute atomic E-state index is 0.173. The molecule has 0 unspecified atom stereocenters. The molecule has 2 aromatic rings. The minimum Gasteiger partial charge on any atom is -0.478 e. The Morgan fingerprint density at radius 1 is 1.10 bits per heavy atom. The van der Waals surface area contributed by atoms with Gasteiger partial charge in [-0.05, 0) is 47.5 Å². The van der Waals surface area contributed by atoms with Crippen LogP contribution in [0.15, 0.2) is 48.0 Å². The quantitative estimate of drug-likeness (QED) is 0.595. The van der Waals surface area contributed by atoms with Crippen molar-refractivity contribution in [1.29, 1.82) is 0 Å². The molecule has 0 saturated heterocycles. The van der Waals surface area contributed by atoms with E-state index in [0.29, 0.717) is 22.5 Å². The van der Waals surface area contributed by atoms with Crippen molar-refractivity contribution < 1.29 is 14.3 Å². The fourth-order valence-corrected chi connectivity index (χ4v) is 2.02. The number of carboxylic acid groups (broad SMARTS) is 1. The lowest BCUT2D eigenvalue weighted by Crippen LogP contribution is -2.05. The molecular formula is C16H15FN2O2. The van der Waals surface area contributed by atoms with E-state index in [2.05, 4.69) is 0 Å². The molecule has 0 saturated carbocycles. The number of hydrogen-bond acceptors (Lipinski definition) is 3. The Labute approximate surface area is 121 Å². The van der Waals surface area contributed by atoms with Crippen molar-refractivity contribution in [2.24, 2.45) is 0 Å². The van der Waals surface area contributed by atoms with Gasteiger partial charge >= 0.3 is 5.97 Å². The first-order valence-corrected chi connectivity index (χ1v) is 6.28. The van der Waals surface area contributed by atoms with E-state index in [1.54, 1.807) is 18.2 Å². The molecule has 0 bridgehead atoms. The number of aliphatic carboxylic acids is 1. The van der Waals surface area contributed by atoms with E-state index in [1.165, 1.54) is 30.3 Å². The van der Waals surface area contributed by atoms with E-state index in [-0.39, 0.29) is 17.8 Å². The smallest absolute Gasteiger partial charge is 0.331 e. The van der Waals surface area contributed by atoms with Crippen LogP contribution in [-0.4, -0.2) is 11.1 Å². The van der Waals surface area contributed by atoms with Gasteiger partial charge in [-0.3, -0.25) is 0 Å². The summed E-state index contributed by atoms with van der Waals surface area (Å²) in [6.07, 6.45) is 1.68. The third-order valence-corrected chi connectivity index (χ3v) is 2.92. The van der Waals surface area contributed by atoms with E-state index < -0.39 is 5.97 Å². The molecule has 5 N–H and O–H groups in total. The van der Waals surface area contributed by atoms with Crippen molar-refractivity contribution in [1.82, 2.24) is 0 Å². The van der Waals surface area contributed by atoms with Gasteiger partial charge < -0.3 is 16.6 Å². The van der Waals surface area contributed by atoms with Crippen LogP contribution >= 0.6 is 0 Å². The summed E-state index contributed by atoms with van der Waals surface area (Å²) in [7, 11) is 0. The van der Waals surface area contributed by atoms with E-state index in [0.717, 1.165) is 0 Å². The lowest BCUT2D eigenvalue weighted by Gasteiger charge is -2.06. The summed E-state index contributed by atoms with van der Waals surface area (Å²) < 4.78 is 12.9. The van der Waals surface area contributed by atoms with Crippen molar-refractivity contribution in [3.8, 4) is 0 Å². The second-order valence-corrected chi connectivity index (χ2v) is 4.71. The number of hydrogen-bond donors (Lipinski definition) is 3. The first-order chi connectivity index (χ1) is 9.94. The van der Waals surface area contributed by atoms with Crippen LogP contribution in [0.1, 0.15) is 11.1 Å². The Morgan fingerprint density at radius 3 is 2.19 bits per heavy atom. The van der Waals surface area contributed by atoms with Gasteiger partial charge in [0, 0.05) is 23.4 Å². The maximum atomic E-state index is 12.9. The molecule has 2 aromatic carbocycles.